The van der Waals surface area contributed by atoms with Gasteiger partial charge in [0.2, 0.25) is 6.54 Å². The third kappa shape index (κ3) is 6.53. The van der Waals surface area contributed by atoms with Crippen molar-refractivity contribution in [3.63, 3.8) is 0 Å². The summed E-state index contributed by atoms with van der Waals surface area (Å²) >= 11 is 0. The van der Waals surface area contributed by atoms with E-state index >= 15 is 0 Å². The Morgan fingerprint density at radius 2 is 1.62 bits per heavy atom. The zero-order chi connectivity index (χ0) is 22.8. The van der Waals surface area contributed by atoms with E-state index in [1.54, 1.807) is 83.7 Å². The van der Waals surface area contributed by atoms with Crippen molar-refractivity contribution in [2.45, 2.75) is 6.54 Å². The van der Waals surface area contributed by atoms with Crippen LogP contribution in [0.4, 0.5) is 0 Å². The van der Waals surface area contributed by atoms with Gasteiger partial charge in [0.05, 0.1) is 7.11 Å². The number of carbonyl (C=O) groups excluding carboxylic acids is 3. The molecule has 0 spiro atoms. The van der Waals surface area contributed by atoms with Crippen LogP contribution in [0, 0.1) is 0 Å². The second kappa shape index (κ2) is 11.1. The molecule has 0 saturated carbocycles. The van der Waals surface area contributed by atoms with E-state index in [2.05, 4.69) is 16.2 Å². The maximum atomic E-state index is 12.8. The Morgan fingerprint density at radius 3 is 2.34 bits per heavy atom. The first kappa shape index (κ1) is 22.2. The lowest BCUT2D eigenvalue weighted by Gasteiger charge is -2.12. The minimum atomic E-state index is -0.677. The van der Waals surface area contributed by atoms with Crippen molar-refractivity contribution in [3.05, 3.63) is 102 Å². The molecule has 32 heavy (non-hydrogen) atoms. The fraction of sp³-hybridized carbons (Fsp3) is 0.0833. The lowest BCUT2D eigenvalue weighted by atomic mass is 10.1. The number of nitrogens with zero attached hydrogens (tertiary/aromatic N) is 1. The Balaban J connectivity index is 1.74. The highest BCUT2D eigenvalue weighted by molar-refractivity contribution is 6.05. The highest BCUT2D eigenvalue weighted by atomic mass is 16.5. The summed E-state index contributed by atoms with van der Waals surface area (Å²) in [5.74, 6) is -0.963. The zero-order valence-electron chi connectivity index (χ0n) is 17.4. The van der Waals surface area contributed by atoms with E-state index in [9.17, 15) is 14.4 Å². The number of amides is 3. The van der Waals surface area contributed by atoms with Crippen LogP contribution >= 0.6 is 0 Å². The average Bonchev–Trinajstić information content (AvgIpc) is 2.83. The maximum Gasteiger partial charge on any atom is 0.304 e. The number of nitrogens with one attached hydrogen (secondary N) is 3. The molecule has 0 aliphatic heterocycles. The Kier molecular flexibility index (Phi) is 7.69. The molecule has 0 saturated heterocycles. The summed E-state index contributed by atoms with van der Waals surface area (Å²) in [7, 11) is 1.54. The first-order valence-electron chi connectivity index (χ1n) is 9.80. The van der Waals surface area contributed by atoms with Crippen molar-refractivity contribution in [2.75, 3.05) is 7.11 Å². The molecule has 8 nitrogen and oxygen atoms in total. The SMILES string of the molecule is COc1cccc(/C=C(\NC(=O)c2ccccc2)C(=O)NNC(=O)C[n+]2ccccc2)c1. The molecule has 0 fully saturated rings. The highest BCUT2D eigenvalue weighted by Crippen LogP contribution is 2.15. The van der Waals surface area contributed by atoms with Crippen LogP contribution in [-0.2, 0) is 16.1 Å². The number of rotatable bonds is 7. The van der Waals surface area contributed by atoms with E-state index in [-0.39, 0.29) is 12.2 Å². The molecule has 0 radical (unpaired) electrons. The van der Waals surface area contributed by atoms with Crippen LogP contribution in [0.5, 0.6) is 5.75 Å². The summed E-state index contributed by atoms with van der Waals surface area (Å²) in [6, 6.07) is 20.9. The number of carbonyl (C=O) groups is 3. The molecule has 2 aromatic carbocycles. The monoisotopic (exact) mass is 431 g/mol. The minimum absolute atomic E-state index is 0.0203. The van der Waals surface area contributed by atoms with Gasteiger partial charge in [0.25, 0.3) is 11.8 Å². The molecule has 0 atom stereocenters. The average molecular weight is 431 g/mol. The number of hydrogen-bond donors (Lipinski definition) is 3. The molecular formula is C24H23N4O4+. The molecule has 3 amide bonds. The summed E-state index contributed by atoms with van der Waals surface area (Å²) in [5, 5.41) is 2.61. The molecule has 8 heteroatoms. The van der Waals surface area contributed by atoms with Crippen LogP contribution < -0.4 is 25.5 Å². The third-order valence-electron chi connectivity index (χ3n) is 4.35. The van der Waals surface area contributed by atoms with E-state index in [1.807, 2.05) is 6.07 Å². The van der Waals surface area contributed by atoms with Gasteiger partial charge >= 0.3 is 5.91 Å². The van der Waals surface area contributed by atoms with E-state index in [0.29, 0.717) is 16.9 Å². The molecule has 0 aliphatic rings. The largest absolute Gasteiger partial charge is 0.497 e. The molecular weight excluding hydrogens is 408 g/mol. The molecule has 0 bridgehead atoms. The topological polar surface area (TPSA) is 100 Å². The van der Waals surface area contributed by atoms with Crippen molar-refractivity contribution in [3.8, 4) is 5.75 Å². The molecule has 3 N–H and O–H groups in total. The van der Waals surface area contributed by atoms with Crippen LogP contribution in [-0.4, -0.2) is 24.8 Å². The molecule has 3 rings (SSSR count). The Hall–Kier alpha value is -4.46. The van der Waals surface area contributed by atoms with Crippen LogP contribution in [0.25, 0.3) is 6.08 Å². The molecule has 1 heterocycles. The van der Waals surface area contributed by atoms with Crippen LogP contribution in [0.3, 0.4) is 0 Å². The number of benzene rings is 2. The fourth-order valence-electron chi connectivity index (χ4n) is 2.78. The van der Waals surface area contributed by atoms with Gasteiger partial charge < -0.3 is 10.1 Å². The van der Waals surface area contributed by atoms with Crippen LogP contribution in [0.2, 0.25) is 0 Å². The molecule has 0 unspecified atom stereocenters. The predicted octanol–water partition coefficient (Wildman–Crippen LogP) is 1.60. The van der Waals surface area contributed by atoms with Gasteiger partial charge in [-0.25, -0.2) is 0 Å². The number of aromatic nitrogens is 1. The summed E-state index contributed by atoms with van der Waals surface area (Å²) in [6.07, 6.45) is 4.96. The molecule has 1 aromatic heterocycles. The summed E-state index contributed by atoms with van der Waals surface area (Å²) in [5.41, 5.74) is 5.68. The number of ether oxygens (including phenoxy) is 1. The molecule has 162 valence electrons. The lowest BCUT2D eigenvalue weighted by Crippen LogP contribution is -2.50. The summed E-state index contributed by atoms with van der Waals surface area (Å²) in [4.78, 5) is 37.5. The second-order valence-electron chi connectivity index (χ2n) is 6.70. The molecule has 0 aliphatic carbocycles. The number of hydrogen-bond acceptors (Lipinski definition) is 4. The van der Waals surface area contributed by atoms with Crippen LogP contribution in [0.1, 0.15) is 15.9 Å². The van der Waals surface area contributed by atoms with Gasteiger partial charge in [-0.2, -0.15) is 4.57 Å². The first-order valence-corrected chi connectivity index (χ1v) is 9.80. The quantitative estimate of drug-likeness (QED) is 0.301. The maximum absolute atomic E-state index is 12.8. The fourth-order valence-corrected chi connectivity index (χ4v) is 2.78. The van der Waals surface area contributed by atoms with Crippen LogP contribution in [0.15, 0.2) is 90.9 Å². The van der Waals surface area contributed by atoms with Crippen molar-refractivity contribution in [2.24, 2.45) is 0 Å². The van der Waals surface area contributed by atoms with Gasteiger partial charge in [-0.15, -0.1) is 0 Å². The van der Waals surface area contributed by atoms with E-state index in [0.717, 1.165) is 0 Å². The zero-order valence-corrected chi connectivity index (χ0v) is 17.4. The minimum Gasteiger partial charge on any atom is -0.497 e. The normalized spacial score (nSPS) is 10.7. The molecule has 3 aromatic rings. The van der Waals surface area contributed by atoms with Crippen molar-refractivity contribution in [1.82, 2.24) is 16.2 Å². The van der Waals surface area contributed by atoms with Gasteiger partial charge in [0.1, 0.15) is 11.4 Å². The summed E-state index contributed by atoms with van der Waals surface area (Å²) in [6.45, 7) is 0.0203. The van der Waals surface area contributed by atoms with E-state index in [1.165, 1.54) is 13.2 Å². The Bertz CT molecular complexity index is 1120. The second-order valence-corrected chi connectivity index (χ2v) is 6.70. The number of hydrazine groups is 1. The van der Waals surface area contributed by atoms with Gasteiger partial charge in [-0.05, 0) is 35.9 Å². The third-order valence-corrected chi connectivity index (χ3v) is 4.35. The number of methoxy groups -OCH3 is 1. The summed E-state index contributed by atoms with van der Waals surface area (Å²) < 4.78 is 6.86. The van der Waals surface area contributed by atoms with Crippen molar-refractivity contribution < 1.29 is 23.7 Å². The van der Waals surface area contributed by atoms with E-state index in [4.69, 9.17) is 4.74 Å². The van der Waals surface area contributed by atoms with Crippen molar-refractivity contribution in [1.29, 1.82) is 0 Å². The predicted molar refractivity (Wildman–Crippen MR) is 118 cm³/mol. The van der Waals surface area contributed by atoms with Gasteiger partial charge in [-0.1, -0.05) is 36.4 Å². The van der Waals surface area contributed by atoms with E-state index < -0.39 is 17.7 Å². The Labute approximate surface area is 185 Å². The standard InChI is InChI=1S/C24H22N4O4/c1-32-20-12-8-9-18(15-20)16-21(25-23(30)19-10-4-2-5-11-19)24(31)27-26-22(29)17-28-13-6-3-7-14-28/h2-16H,17H2,1H3,(H2-,25,26,27,29,30,31)/p+1/b21-16-. The van der Waals surface area contributed by atoms with Gasteiger partial charge in [0, 0.05) is 17.7 Å². The smallest absolute Gasteiger partial charge is 0.304 e. The highest BCUT2D eigenvalue weighted by Gasteiger charge is 2.16. The van der Waals surface area contributed by atoms with Gasteiger partial charge in [0.15, 0.2) is 12.4 Å². The number of pyridine rings is 1. The lowest BCUT2D eigenvalue weighted by molar-refractivity contribution is -0.684. The van der Waals surface area contributed by atoms with Gasteiger partial charge in [-0.3, -0.25) is 25.2 Å². The van der Waals surface area contributed by atoms with Crippen molar-refractivity contribution >= 4 is 23.8 Å². The Morgan fingerprint density at radius 1 is 0.906 bits per heavy atom. The first-order chi connectivity index (χ1) is 15.5.